The molecule has 0 saturated heterocycles. The maximum atomic E-state index is 7.77. The predicted molar refractivity (Wildman–Crippen MR) is 186 cm³/mol. The molecule has 208 valence electrons. The fraction of sp³-hybridized carbons (Fsp3) is 0. The van der Waals surface area contributed by atoms with Crippen LogP contribution in [0.15, 0.2) is 146 Å². The van der Waals surface area contributed by atoms with Gasteiger partial charge in [0, 0.05) is 5.56 Å². The summed E-state index contributed by atoms with van der Waals surface area (Å²) in [7, 11) is 0. The lowest BCUT2D eigenvalue weighted by molar-refractivity contribution is 1.15. The highest BCUT2D eigenvalue weighted by atomic mass is 15.1. The van der Waals surface area contributed by atoms with E-state index in [0.29, 0.717) is 11.5 Å². The predicted octanol–water partition coefficient (Wildman–Crippen LogP) is 10.9. The van der Waals surface area contributed by atoms with Crippen LogP contribution in [0, 0.1) is 6.57 Å². The van der Waals surface area contributed by atoms with E-state index in [4.69, 9.17) is 16.5 Å². The largest absolute Gasteiger partial charge is 0.276 e. The Labute approximate surface area is 259 Å². The quantitative estimate of drug-likeness (QED) is 0.156. The van der Waals surface area contributed by atoms with E-state index in [1.165, 1.54) is 0 Å². The van der Waals surface area contributed by atoms with Crippen molar-refractivity contribution in [3.63, 3.8) is 0 Å². The average Bonchev–Trinajstić information content (AvgIpc) is 3.49. The first-order chi connectivity index (χ1) is 22.3. The lowest BCUT2D eigenvalue weighted by Crippen LogP contribution is -1.99. The molecule has 0 atom stereocenters. The van der Waals surface area contributed by atoms with E-state index >= 15 is 0 Å². The third-order valence-electron chi connectivity index (χ3n) is 8.83. The van der Waals surface area contributed by atoms with Gasteiger partial charge in [-0.1, -0.05) is 127 Å². The summed E-state index contributed by atoms with van der Waals surface area (Å²) in [5.41, 5.74) is 9.00. The molecule has 0 aliphatic carbocycles. The summed E-state index contributed by atoms with van der Waals surface area (Å²) in [6.45, 7) is 7.77. The minimum Gasteiger partial charge on any atom is -0.276 e. The monoisotopic (exact) mass is 572 g/mol. The first-order valence-corrected chi connectivity index (χ1v) is 15.0. The molecule has 0 saturated carbocycles. The van der Waals surface area contributed by atoms with Crippen molar-refractivity contribution in [1.82, 2.24) is 14.4 Å². The molecule has 0 aliphatic heterocycles. The molecular formula is C41H24N4. The molecule has 4 heteroatoms. The van der Waals surface area contributed by atoms with Gasteiger partial charge in [0.2, 0.25) is 5.78 Å². The number of aromatic nitrogens is 3. The van der Waals surface area contributed by atoms with Crippen LogP contribution in [-0.2, 0) is 0 Å². The number of para-hydroxylation sites is 2. The summed E-state index contributed by atoms with van der Waals surface area (Å²) in [5, 5.41) is 6.57. The molecule has 0 aliphatic rings. The van der Waals surface area contributed by atoms with Crippen molar-refractivity contribution < 1.29 is 0 Å². The van der Waals surface area contributed by atoms with Crippen LogP contribution in [0.5, 0.6) is 0 Å². The maximum absolute atomic E-state index is 7.77. The zero-order valence-electron chi connectivity index (χ0n) is 24.1. The van der Waals surface area contributed by atoms with Crippen molar-refractivity contribution in [2.45, 2.75) is 0 Å². The lowest BCUT2D eigenvalue weighted by atomic mass is 9.85. The molecule has 9 rings (SSSR count). The standard InChI is InChI=1S/C41H24N4/c1-42-34-24-23-33(27-15-5-6-16-28(27)34)39-29-17-7-9-19-31(29)40(32-20-10-8-18-30(32)39)36-25-38(26-13-3-2-4-14-26)45-37-22-12-11-21-35(37)43-41(45)44-36/h2-25H. The number of fused-ring (bicyclic) bond motifs is 6. The summed E-state index contributed by atoms with van der Waals surface area (Å²) in [6.07, 6.45) is 0. The fourth-order valence-electron chi connectivity index (χ4n) is 6.90. The second-order valence-corrected chi connectivity index (χ2v) is 11.3. The summed E-state index contributed by atoms with van der Waals surface area (Å²) in [4.78, 5) is 14.1. The zero-order chi connectivity index (χ0) is 29.9. The minimum atomic E-state index is 0.664. The van der Waals surface area contributed by atoms with Gasteiger partial charge in [-0.3, -0.25) is 4.40 Å². The van der Waals surface area contributed by atoms with Gasteiger partial charge in [-0.15, -0.1) is 0 Å². The molecule has 0 bridgehead atoms. The number of nitrogens with zero attached hydrogens (tertiary/aromatic N) is 4. The second kappa shape index (κ2) is 9.87. The van der Waals surface area contributed by atoms with E-state index in [1.54, 1.807) is 0 Å². The van der Waals surface area contributed by atoms with Crippen LogP contribution in [0.3, 0.4) is 0 Å². The van der Waals surface area contributed by atoms with Gasteiger partial charge in [0.05, 0.1) is 29.0 Å². The van der Waals surface area contributed by atoms with Crippen molar-refractivity contribution in [1.29, 1.82) is 0 Å². The van der Waals surface area contributed by atoms with Crippen LogP contribution in [0.4, 0.5) is 5.69 Å². The number of hydrogen-bond acceptors (Lipinski definition) is 2. The van der Waals surface area contributed by atoms with Crippen LogP contribution in [0.25, 0.3) is 87.6 Å². The van der Waals surface area contributed by atoms with Crippen molar-refractivity contribution in [2.24, 2.45) is 0 Å². The Bertz CT molecular complexity index is 2600. The minimum absolute atomic E-state index is 0.664. The molecule has 2 aromatic heterocycles. The molecule has 0 N–H and O–H groups in total. The topological polar surface area (TPSA) is 34.5 Å². The molecule has 0 fully saturated rings. The van der Waals surface area contributed by atoms with Crippen LogP contribution in [0.2, 0.25) is 0 Å². The van der Waals surface area contributed by atoms with Crippen molar-refractivity contribution >= 4 is 54.8 Å². The molecule has 2 heterocycles. The highest BCUT2D eigenvalue weighted by Gasteiger charge is 2.21. The average molecular weight is 573 g/mol. The SMILES string of the molecule is [C-]#[N+]c1ccc(-c2c3ccccc3c(-c3cc(-c4ccccc4)n4c(n3)nc3ccccc34)c3ccccc23)c2ccccc12. The van der Waals surface area contributed by atoms with E-state index in [-0.39, 0.29) is 0 Å². The first kappa shape index (κ1) is 25.2. The van der Waals surface area contributed by atoms with E-state index in [0.717, 1.165) is 77.0 Å². The molecule has 4 nitrogen and oxygen atoms in total. The molecule has 7 aromatic carbocycles. The van der Waals surface area contributed by atoms with Gasteiger partial charge in [-0.25, -0.2) is 14.8 Å². The number of imidazole rings is 1. The van der Waals surface area contributed by atoms with Crippen LogP contribution in [0.1, 0.15) is 0 Å². The number of hydrogen-bond donors (Lipinski definition) is 0. The lowest BCUT2D eigenvalue weighted by Gasteiger charge is -2.19. The normalized spacial score (nSPS) is 11.5. The van der Waals surface area contributed by atoms with Gasteiger partial charge in [-0.05, 0) is 67.2 Å². The molecule has 9 aromatic rings. The highest BCUT2D eigenvalue weighted by molar-refractivity contribution is 6.24. The Hall–Kier alpha value is -6.31. The Kier molecular flexibility index (Phi) is 5.53. The van der Waals surface area contributed by atoms with Gasteiger partial charge in [0.1, 0.15) is 0 Å². The number of rotatable bonds is 3. The Balaban J connectivity index is 1.43. The summed E-state index contributed by atoms with van der Waals surface area (Å²) in [5.74, 6) is 0.672. The highest BCUT2D eigenvalue weighted by Crippen LogP contribution is 2.46. The summed E-state index contributed by atoms with van der Waals surface area (Å²) >= 11 is 0. The van der Waals surface area contributed by atoms with Crippen LogP contribution < -0.4 is 0 Å². The van der Waals surface area contributed by atoms with E-state index in [2.05, 4.69) is 112 Å². The third kappa shape index (κ3) is 3.78. The Morgan fingerprint density at radius 2 is 1.09 bits per heavy atom. The summed E-state index contributed by atoms with van der Waals surface area (Å²) < 4.78 is 2.16. The van der Waals surface area contributed by atoms with Crippen molar-refractivity contribution in [3.8, 4) is 33.6 Å². The van der Waals surface area contributed by atoms with Gasteiger partial charge in [0.25, 0.3) is 0 Å². The van der Waals surface area contributed by atoms with Gasteiger partial charge < -0.3 is 0 Å². The second-order valence-electron chi connectivity index (χ2n) is 11.3. The Morgan fingerprint density at radius 3 is 1.78 bits per heavy atom. The van der Waals surface area contributed by atoms with Gasteiger partial charge in [0.15, 0.2) is 5.69 Å². The third-order valence-corrected chi connectivity index (χ3v) is 8.83. The first-order valence-electron chi connectivity index (χ1n) is 15.0. The van der Waals surface area contributed by atoms with E-state index in [9.17, 15) is 0 Å². The molecule has 0 spiro atoms. The molecular weight excluding hydrogens is 548 g/mol. The molecule has 0 unspecified atom stereocenters. The van der Waals surface area contributed by atoms with Crippen molar-refractivity contribution in [3.05, 3.63) is 157 Å². The molecule has 0 radical (unpaired) electrons. The molecule has 45 heavy (non-hydrogen) atoms. The van der Waals surface area contributed by atoms with E-state index < -0.39 is 0 Å². The van der Waals surface area contributed by atoms with Gasteiger partial charge in [-0.2, -0.15) is 0 Å². The van der Waals surface area contributed by atoms with Crippen molar-refractivity contribution in [2.75, 3.05) is 0 Å². The molecule has 0 amide bonds. The smallest absolute Gasteiger partial charge is 0.235 e. The summed E-state index contributed by atoms with van der Waals surface area (Å²) in [6, 6.07) is 50.4. The van der Waals surface area contributed by atoms with Crippen LogP contribution in [-0.4, -0.2) is 14.4 Å². The van der Waals surface area contributed by atoms with Crippen LogP contribution >= 0.6 is 0 Å². The van der Waals surface area contributed by atoms with E-state index in [1.807, 2.05) is 42.5 Å². The fourth-order valence-corrected chi connectivity index (χ4v) is 6.90. The zero-order valence-corrected chi connectivity index (χ0v) is 24.1. The van der Waals surface area contributed by atoms with Gasteiger partial charge >= 0.3 is 0 Å². The number of benzene rings is 7. The maximum Gasteiger partial charge on any atom is 0.235 e. The Morgan fingerprint density at radius 1 is 0.511 bits per heavy atom.